The Hall–Kier alpha value is -2.48. The maximum Gasteiger partial charge on any atom is 0.417 e. The zero-order valence-corrected chi connectivity index (χ0v) is 24.0. The fourth-order valence-electron chi connectivity index (χ4n) is 5.74. The molecule has 0 radical (unpaired) electrons. The van der Waals surface area contributed by atoms with Gasteiger partial charge in [0, 0.05) is 59.2 Å². The number of aliphatic hydroxyl groups is 1. The highest BCUT2D eigenvalue weighted by atomic mass is 79.9. The number of rotatable bonds is 4. The van der Waals surface area contributed by atoms with Crippen molar-refractivity contribution in [2.45, 2.75) is 56.2 Å². The molecule has 40 heavy (non-hydrogen) atoms. The van der Waals surface area contributed by atoms with E-state index in [9.17, 15) is 27.5 Å². The maximum absolute atomic E-state index is 15.1. The van der Waals surface area contributed by atoms with Gasteiger partial charge in [-0.25, -0.2) is 13.6 Å². The Kier molecular flexibility index (Phi) is 7.79. The van der Waals surface area contributed by atoms with Crippen molar-refractivity contribution in [3.8, 4) is 11.1 Å². The highest BCUT2D eigenvalue weighted by molar-refractivity contribution is 9.10. The van der Waals surface area contributed by atoms with Crippen molar-refractivity contribution >= 4 is 44.4 Å². The fraction of sp³-hybridized carbons (Fsp3) is 0.407. The highest BCUT2D eigenvalue weighted by Gasteiger charge is 2.40. The number of halogens is 6. The van der Waals surface area contributed by atoms with Gasteiger partial charge in [0.15, 0.2) is 0 Å². The summed E-state index contributed by atoms with van der Waals surface area (Å²) in [6.45, 7) is 8.17. The van der Waals surface area contributed by atoms with E-state index in [1.54, 1.807) is 4.90 Å². The molecule has 0 amide bonds. The molecule has 2 aliphatic heterocycles. The first-order valence-corrected chi connectivity index (χ1v) is 14.4. The van der Waals surface area contributed by atoms with Crippen LogP contribution in [-0.4, -0.2) is 56.7 Å². The summed E-state index contributed by atoms with van der Waals surface area (Å²) in [6.07, 6.45) is -3.92. The van der Waals surface area contributed by atoms with Gasteiger partial charge in [0.2, 0.25) is 0 Å². The van der Waals surface area contributed by atoms with Gasteiger partial charge in [0.1, 0.15) is 23.7 Å². The minimum absolute atomic E-state index is 0.0993. The molecule has 1 fully saturated rings. The van der Waals surface area contributed by atoms with Crippen LogP contribution in [-0.2, 0) is 12.7 Å². The summed E-state index contributed by atoms with van der Waals surface area (Å²) >= 11 is 4.08. The Bertz CT molecular complexity index is 1550. The first-order valence-electron chi connectivity index (χ1n) is 12.6. The molecule has 2 aromatic carbocycles. The second kappa shape index (κ2) is 10.7. The summed E-state index contributed by atoms with van der Waals surface area (Å²) in [7, 11) is 0. The third kappa shape index (κ3) is 4.94. The average Bonchev–Trinajstić information content (AvgIpc) is 3.11. The first kappa shape index (κ1) is 29.0. The van der Waals surface area contributed by atoms with E-state index < -0.39 is 46.4 Å². The molecule has 1 N–H and O–H groups in total. The van der Waals surface area contributed by atoms with Crippen molar-refractivity contribution in [3.05, 3.63) is 63.0 Å². The van der Waals surface area contributed by atoms with E-state index >= 15 is 4.39 Å². The minimum atomic E-state index is -4.90. The number of aliphatic hydroxyl groups excluding tert-OH is 1. The van der Waals surface area contributed by atoms with Crippen LogP contribution in [0.1, 0.15) is 25.8 Å². The van der Waals surface area contributed by atoms with E-state index in [4.69, 9.17) is 0 Å². The van der Waals surface area contributed by atoms with Crippen LogP contribution in [0.2, 0.25) is 0 Å². The van der Waals surface area contributed by atoms with E-state index in [2.05, 4.69) is 27.5 Å². The number of thioether (sulfide) groups is 1. The lowest BCUT2D eigenvalue weighted by molar-refractivity contribution is -0.137. The number of piperazine rings is 1. The molecule has 1 saturated heterocycles. The predicted molar refractivity (Wildman–Crippen MR) is 149 cm³/mol. The molecule has 0 aliphatic carbocycles. The van der Waals surface area contributed by atoms with Crippen LogP contribution in [0.3, 0.4) is 0 Å². The highest BCUT2D eigenvalue weighted by Crippen LogP contribution is 2.49. The van der Waals surface area contributed by atoms with Gasteiger partial charge in [-0.15, -0.1) is 11.8 Å². The Morgan fingerprint density at radius 3 is 2.48 bits per heavy atom. The molecule has 0 bridgehead atoms. The van der Waals surface area contributed by atoms with Crippen molar-refractivity contribution in [2.75, 3.05) is 23.7 Å². The smallest absolute Gasteiger partial charge is 0.375 e. The topological polar surface area (TPSA) is 61.6 Å². The Balaban J connectivity index is 1.83. The zero-order chi connectivity index (χ0) is 29.1. The number of hydrogen-bond acceptors (Lipinski definition) is 6. The van der Waals surface area contributed by atoms with Crippen molar-refractivity contribution in [2.24, 2.45) is 0 Å². The number of anilines is 1. The van der Waals surface area contributed by atoms with Gasteiger partial charge in [-0.05, 0) is 60.2 Å². The second-order valence-electron chi connectivity index (χ2n) is 10.0. The van der Waals surface area contributed by atoms with Crippen LogP contribution in [0.4, 0.5) is 27.8 Å². The molecule has 5 rings (SSSR count). The standard InChI is InChI=1S/C27H26BrF5N4O2S/c1-4-21(38)37-13(2)11-35(12-14(37)3)25-16-8-17(27(31,32)33)22(15-9-18(28)20(30)10-19(15)29)24-23(16)36(26(39)34-25)6-5-7-40-24/h4,8-10,13-14,21,38H,1,5-7,11-12H2,2-3H3/t13-,14?,21?/m0/s1. The van der Waals surface area contributed by atoms with Gasteiger partial charge >= 0.3 is 11.9 Å². The summed E-state index contributed by atoms with van der Waals surface area (Å²) in [5.41, 5.74) is -2.33. The van der Waals surface area contributed by atoms with Crippen molar-refractivity contribution in [3.63, 3.8) is 0 Å². The van der Waals surface area contributed by atoms with Crippen molar-refractivity contribution in [1.82, 2.24) is 14.5 Å². The molecule has 1 aromatic heterocycles. The van der Waals surface area contributed by atoms with E-state index in [-0.39, 0.29) is 57.8 Å². The van der Waals surface area contributed by atoms with Gasteiger partial charge < -0.3 is 10.0 Å². The summed E-state index contributed by atoms with van der Waals surface area (Å²) in [6, 6.07) is 1.99. The second-order valence-corrected chi connectivity index (χ2v) is 12.0. The van der Waals surface area contributed by atoms with Crippen LogP contribution in [0.5, 0.6) is 0 Å². The molecular weight excluding hydrogens is 619 g/mol. The minimum Gasteiger partial charge on any atom is -0.375 e. The van der Waals surface area contributed by atoms with Crippen LogP contribution in [0.25, 0.3) is 22.0 Å². The molecule has 2 unspecified atom stereocenters. The number of alkyl halides is 3. The predicted octanol–water partition coefficient (Wildman–Crippen LogP) is 6.02. The van der Waals surface area contributed by atoms with Crippen LogP contribution in [0, 0.1) is 11.6 Å². The largest absolute Gasteiger partial charge is 0.417 e. The number of aromatic nitrogens is 2. The number of aryl methyl sites for hydroxylation is 1. The summed E-state index contributed by atoms with van der Waals surface area (Å²) < 4.78 is 74.5. The molecule has 3 heterocycles. The molecule has 0 saturated carbocycles. The van der Waals surface area contributed by atoms with E-state index in [1.165, 1.54) is 10.6 Å². The third-order valence-electron chi connectivity index (χ3n) is 7.36. The lowest BCUT2D eigenvalue weighted by Gasteiger charge is -2.46. The molecule has 0 spiro atoms. The number of hydrogen-bond donors (Lipinski definition) is 1. The summed E-state index contributed by atoms with van der Waals surface area (Å²) in [5.74, 6) is -1.60. The van der Waals surface area contributed by atoms with Crippen LogP contribution < -0.4 is 10.6 Å². The third-order valence-corrected chi connectivity index (χ3v) is 9.15. The molecular formula is C27H26BrF5N4O2S. The average molecular weight is 645 g/mol. The zero-order valence-electron chi connectivity index (χ0n) is 21.6. The van der Waals surface area contributed by atoms with Crippen LogP contribution >= 0.6 is 27.7 Å². The van der Waals surface area contributed by atoms with Gasteiger partial charge in [0.25, 0.3) is 0 Å². The SMILES string of the molecule is C=CC(O)N1C(C)CN(c2nc(=O)n3c4c(c(-c5cc(Br)c(F)cc5F)c(C(F)(F)F)cc24)SCCC3)C[C@@H]1C. The Labute approximate surface area is 239 Å². The Morgan fingerprint density at radius 1 is 1.18 bits per heavy atom. The Morgan fingerprint density at radius 2 is 1.85 bits per heavy atom. The molecule has 214 valence electrons. The van der Waals surface area contributed by atoms with E-state index in [0.717, 1.165) is 23.9 Å². The van der Waals surface area contributed by atoms with Crippen molar-refractivity contribution < 1.29 is 27.1 Å². The fourth-order valence-corrected chi connectivity index (χ4v) is 7.28. The normalized spacial score (nSPS) is 21.0. The summed E-state index contributed by atoms with van der Waals surface area (Å²) in [4.78, 5) is 21.3. The van der Waals surface area contributed by atoms with Crippen molar-refractivity contribution in [1.29, 1.82) is 0 Å². The lowest BCUT2D eigenvalue weighted by atomic mass is 9.95. The van der Waals surface area contributed by atoms with Crippen LogP contribution in [0.15, 0.2) is 45.0 Å². The van der Waals surface area contributed by atoms with E-state index in [1.807, 2.05) is 18.7 Å². The molecule has 3 aromatic rings. The van der Waals surface area contributed by atoms with E-state index in [0.29, 0.717) is 18.2 Å². The molecule has 13 heteroatoms. The molecule has 6 nitrogen and oxygen atoms in total. The van der Waals surface area contributed by atoms with Gasteiger partial charge in [0.05, 0.1) is 15.6 Å². The number of benzene rings is 2. The molecule has 2 aliphatic rings. The molecule has 3 atom stereocenters. The van der Waals surface area contributed by atoms with Gasteiger partial charge in [-0.3, -0.25) is 9.47 Å². The quantitative estimate of drug-likeness (QED) is 0.213. The number of nitrogens with zero attached hydrogens (tertiary/aromatic N) is 4. The lowest BCUT2D eigenvalue weighted by Crippen LogP contribution is -2.60. The van der Waals surface area contributed by atoms with Gasteiger partial charge in [-0.2, -0.15) is 18.2 Å². The summed E-state index contributed by atoms with van der Waals surface area (Å²) in [5, 5.41) is 10.5. The maximum atomic E-state index is 15.1. The monoisotopic (exact) mass is 644 g/mol. The first-order chi connectivity index (χ1) is 18.8. The van der Waals surface area contributed by atoms with Gasteiger partial charge in [-0.1, -0.05) is 6.58 Å².